The largest absolute Gasteiger partial charge is 0.317 e. The fourth-order valence-corrected chi connectivity index (χ4v) is 4.81. The maximum Gasteiger partial charge on any atom is 0.243 e. The molecule has 0 amide bonds. The predicted molar refractivity (Wildman–Crippen MR) is 88.5 cm³/mol. The Balaban J connectivity index is 0.00000242. The summed E-state index contributed by atoms with van der Waals surface area (Å²) < 4.78 is 40.9. The Morgan fingerprint density at radius 2 is 1.95 bits per heavy atom. The van der Waals surface area contributed by atoms with Gasteiger partial charge in [0.05, 0.1) is 4.90 Å². The topological polar surface area (TPSA) is 49.4 Å². The second-order valence-corrected chi connectivity index (χ2v) is 7.37. The van der Waals surface area contributed by atoms with Gasteiger partial charge in [-0.1, -0.05) is 13.0 Å². The molecule has 0 unspecified atom stereocenters. The molecule has 22 heavy (non-hydrogen) atoms. The molecule has 1 saturated heterocycles. The standard InChI is InChI=1S/C15H23FN2O2S.ClH/c1-3-10-18(14-6-8-17-9-7-14)21(19,20)15-11-13(16)5-4-12(15)2;/h4-5,11,14,17H,3,6-10H2,1-2H3;1H. The van der Waals surface area contributed by atoms with Crippen LogP contribution in [0, 0.1) is 12.7 Å². The van der Waals surface area contributed by atoms with E-state index in [-0.39, 0.29) is 23.3 Å². The number of halogens is 2. The van der Waals surface area contributed by atoms with Gasteiger partial charge in [0, 0.05) is 12.6 Å². The molecule has 0 bridgehead atoms. The number of nitrogens with zero attached hydrogens (tertiary/aromatic N) is 1. The SMILES string of the molecule is CCCN(C1CCNCC1)S(=O)(=O)c1cc(F)ccc1C.Cl. The van der Waals surface area contributed by atoms with E-state index in [0.29, 0.717) is 12.1 Å². The Kier molecular flexibility index (Phi) is 7.25. The predicted octanol–water partition coefficient (Wildman–Crippen LogP) is 2.71. The molecular formula is C15H24ClFN2O2S. The molecule has 1 aromatic rings. The molecule has 126 valence electrons. The van der Waals surface area contributed by atoms with Crippen LogP contribution in [-0.4, -0.2) is 38.4 Å². The summed E-state index contributed by atoms with van der Waals surface area (Å²) in [7, 11) is -3.65. The van der Waals surface area contributed by atoms with Crippen molar-refractivity contribution in [1.29, 1.82) is 0 Å². The van der Waals surface area contributed by atoms with Crippen LogP contribution in [0.2, 0.25) is 0 Å². The van der Waals surface area contributed by atoms with Crippen LogP contribution in [-0.2, 0) is 10.0 Å². The van der Waals surface area contributed by atoms with Gasteiger partial charge < -0.3 is 5.32 Å². The third kappa shape index (κ3) is 4.19. The summed E-state index contributed by atoms with van der Waals surface area (Å²) in [6.07, 6.45) is 2.35. The van der Waals surface area contributed by atoms with Crippen LogP contribution in [0.1, 0.15) is 31.7 Å². The first-order valence-electron chi connectivity index (χ1n) is 7.45. The van der Waals surface area contributed by atoms with E-state index in [1.807, 2.05) is 6.92 Å². The third-order valence-electron chi connectivity index (χ3n) is 3.90. The first-order chi connectivity index (χ1) is 9.96. The van der Waals surface area contributed by atoms with E-state index in [2.05, 4.69) is 5.32 Å². The quantitative estimate of drug-likeness (QED) is 0.888. The highest BCUT2D eigenvalue weighted by Gasteiger charge is 2.32. The lowest BCUT2D eigenvalue weighted by Crippen LogP contribution is -2.46. The second-order valence-electron chi connectivity index (χ2n) is 5.51. The molecule has 1 aliphatic rings. The number of nitrogens with one attached hydrogen (secondary N) is 1. The number of piperidine rings is 1. The third-order valence-corrected chi connectivity index (χ3v) is 5.99. The molecule has 0 radical (unpaired) electrons. The van der Waals surface area contributed by atoms with Crippen LogP contribution in [0.25, 0.3) is 0 Å². The van der Waals surface area contributed by atoms with E-state index in [1.54, 1.807) is 11.2 Å². The highest BCUT2D eigenvalue weighted by atomic mass is 35.5. The summed E-state index contributed by atoms with van der Waals surface area (Å²) in [5.41, 5.74) is 0.589. The van der Waals surface area contributed by atoms with Crippen LogP contribution >= 0.6 is 12.4 Å². The van der Waals surface area contributed by atoms with Crippen LogP contribution in [0.3, 0.4) is 0 Å². The van der Waals surface area contributed by atoms with E-state index in [9.17, 15) is 12.8 Å². The fraction of sp³-hybridized carbons (Fsp3) is 0.600. The van der Waals surface area contributed by atoms with Gasteiger partial charge >= 0.3 is 0 Å². The minimum atomic E-state index is -3.65. The molecule has 0 atom stereocenters. The van der Waals surface area contributed by atoms with Gasteiger partial charge in [0.1, 0.15) is 5.82 Å². The van der Waals surface area contributed by atoms with E-state index in [4.69, 9.17) is 0 Å². The van der Waals surface area contributed by atoms with Crippen molar-refractivity contribution in [3.8, 4) is 0 Å². The lowest BCUT2D eigenvalue weighted by molar-refractivity contribution is 0.262. The Labute approximate surface area is 138 Å². The molecule has 1 aromatic carbocycles. The van der Waals surface area contributed by atoms with Crippen molar-refractivity contribution in [2.75, 3.05) is 19.6 Å². The van der Waals surface area contributed by atoms with Crippen molar-refractivity contribution in [2.45, 2.75) is 44.0 Å². The van der Waals surface area contributed by atoms with Gasteiger partial charge in [0.15, 0.2) is 0 Å². The molecule has 7 heteroatoms. The zero-order valence-corrected chi connectivity index (χ0v) is 14.6. The molecule has 1 fully saturated rings. The van der Waals surface area contributed by atoms with E-state index in [0.717, 1.165) is 38.4 Å². The maximum absolute atomic E-state index is 13.5. The molecule has 0 saturated carbocycles. The normalized spacial score (nSPS) is 16.5. The van der Waals surface area contributed by atoms with Crippen molar-refractivity contribution in [2.24, 2.45) is 0 Å². The summed E-state index contributed by atoms with van der Waals surface area (Å²) >= 11 is 0. The first kappa shape index (κ1) is 19.4. The molecule has 2 rings (SSSR count). The Bertz CT molecular complexity index is 589. The van der Waals surface area contributed by atoms with Crippen LogP contribution in [0.15, 0.2) is 23.1 Å². The summed E-state index contributed by atoms with van der Waals surface area (Å²) in [5.74, 6) is -0.513. The van der Waals surface area contributed by atoms with Crippen molar-refractivity contribution < 1.29 is 12.8 Å². The number of sulfonamides is 1. The zero-order valence-electron chi connectivity index (χ0n) is 13.0. The molecule has 0 aliphatic carbocycles. The monoisotopic (exact) mass is 350 g/mol. The number of hydrogen-bond donors (Lipinski definition) is 1. The van der Waals surface area contributed by atoms with Crippen molar-refractivity contribution in [3.63, 3.8) is 0 Å². The maximum atomic E-state index is 13.5. The smallest absolute Gasteiger partial charge is 0.243 e. The Hall–Kier alpha value is -0.690. The molecule has 0 aromatic heterocycles. The minimum absolute atomic E-state index is 0. The van der Waals surface area contributed by atoms with E-state index < -0.39 is 15.8 Å². The Morgan fingerprint density at radius 1 is 1.32 bits per heavy atom. The summed E-state index contributed by atoms with van der Waals surface area (Å²) in [5, 5.41) is 3.24. The lowest BCUT2D eigenvalue weighted by atomic mass is 10.1. The Morgan fingerprint density at radius 3 is 2.55 bits per heavy atom. The highest BCUT2D eigenvalue weighted by molar-refractivity contribution is 7.89. The van der Waals surface area contributed by atoms with Crippen molar-refractivity contribution >= 4 is 22.4 Å². The average molecular weight is 351 g/mol. The highest BCUT2D eigenvalue weighted by Crippen LogP contribution is 2.25. The lowest BCUT2D eigenvalue weighted by Gasteiger charge is -2.34. The number of aryl methyl sites for hydroxylation is 1. The molecule has 4 nitrogen and oxygen atoms in total. The molecule has 0 spiro atoms. The van der Waals surface area contributed by atoms with Gasteiger partial charge in [-0.05, 0) is 57.0 Å². The van der Waals surface area contributed by atoms with Gasteiger partial charge in [-0.3, -0.25) is 0 Å². The first-order valence-corrected chi connectivity index (χ1v) is 8.89. The number of benzene rings is 1. The fourth-order valence-electron chi connectivity index (χ4n) is 2.79. The van der Waals surface area contributed by atoms with Gasteiger partial charge in [0.2, 0.25) is 10.0 Å². The molecule has 1 N–H and O–H groups in total. The van der Waals surface area contributed by atoms with Gasteiger partial charge in [-0.2, -0.15) is 4.31 Å². The number of hydrogen-bond acceptors (Lipinski definition) is 3. The molecular weight excluding hydrogens is 327 g/mol. The molecule has 1 aliphatic heterocycles. The molecule has 1 heterocycles. The minimum Gasteiger partial charge on any atom is -0.317 e. The van der Waals surface area contributed by atoms with Crippen LogP contribution in [0.4, 0.5) is 4.39 Å². The van der Waals surface area contributed by atoms with Gasteiger partial charge in [-0.15, -0.1) is 12.4 Å². The van der Waals surface area contributed by atoms with Gasteiger partial charge in [-0.25, -0.2) is 12.8 Å². The average Bonchev–Trinajstić information content (AvgIpc) is 2.48. The second kappa shape index (κ2) is 8.24. The summed E-state index contributed by atoms with van der Waals surface area (Å²) in [6.45, 7) is 5.79. The van der Waals surface area contributed by atoms with Gasteiger partial charge in [0.25, 0.3) is 0 Å². The zero-order chi connectivity index (χ0) is 15.5. The number of rotatable bonds is 5. The van der Waals surface area contributed by atoms with Crippen LogP contribution < -0.4 is 5.32 Å². The summed E-state index contributed by atoms with van der Waals surface area (Å²) in [6, 6.07) is 3.95. The summed E-state index contributed by atoms with van der Waals surface area (Å²) in [4.78, 5) is 0.0921. The van der Waals surface area contributed by atoms with Crippen LogP contribution in [0.5, 0.6) is 0 Å². The van der Waals surface area contributed by atoms with Crippen molar-refractivity contribution in [1.82, 2.24) is 9.62 Å². The van der Waals surface area contributed by atoms with E-state index in [1.165, 1.54) is 12.1 Å². The van der Waals surface area contributed by atoms with Crippen molar-refractivity contribution in [3.05, 3.63) is 29.6 Å². The van der Waals surface area contributed by atoms with E-state index >= 15 is 0 Å².